The zero-order valence-corrected chi connectivity index (χ0v) is 10.4. The summed E-state index contributed by atoms with van der Waals surface area (Å²) >= 11 is 0. The third-order valence-corrected chi connectivity index (χ3v) is 3.18. The fourth-order valence-electron chi connectivity index (χ4n) is 2.13. The predicted octanol–water partition coefficient (Wildman–Crippen LogP) is 1.04. The van der Waals surface area contributed by atoms with E-state index < -0.39 is 11.0 Å². The van der Waals surface area contributed by atoms with Crippen LogP contribution >= 0.6 is 0 Å². The second-order valence-electron chi connectivity index (χ2n) is 4.61. The molecule has 1 unspecified atom stereocenters. The Morgan fingerprint density at radius 1 is 1.40 bits per heavy atom. The summed E-state index contributed by atoms with van der Waals surface area (Å²) in [4.78, 5) is 14.4. The second-order valence-corrected chi connectivity index (χ2v) is 4.61. The van der Waals surface area contributed by atoms with Crippen LogP contribution in [0.2, 0.25) is 0 Å². The van der Waals surface area contributed by atoms with Gasteiger partial charge in [0.15, 0.2) is 0 Å². The molecule has 0 aliphatic carbocycles. The number of nitrogens with zero attached hydrogens (tertiary/aromatic N) is 3. The number of aliphatic hydroxyl groups is 1. The Labute approximate surface area is 113 Å². The summed E-state index contributed by atoms with van der Waals surface area (Å²) in [6.45, 7) is 0.500. The first-order chi connectivity index (χ1) is 9.63. The van der Waals surface area contributed by atoms with Gasteiger partial charge in [-0.3, -0.25) is 10.1 Å². The van der Waals surface area contributed by atoms with Crippen molar-refractivity contribution in [1.82, 2.24) is 15.5 Å². The number of hydrogen-bond acceptors (Lipinski definition) is 7. The molecular weight excluding hydrogens is 264 g/mol. The highest BCUT2D eigenvalue weighted by atomic mass is 16.6. The van der Waals surface area contributed by atoms with Gasteiger partial charge in [-0.25, -0.2) is 0 Å². The lowest BCUT2D eigenvalue weighted by Gasteiger charge is -2.01. The Kier molecular flexibility index (Phi) is 3.17. The van der Waals surface area contributed by atoms with Crippen LogP contribution in [0.1, 0.15) is 18.4 Å². The number of β-amino-alcohol motifs (C(OH)–C–C–N with tert-alkyl or cyclic N) is 1. The van der Waals surface area contributed by atoms with E-state index in [9.17, 15) is 15.2 Å². The average molecular weight is 276 g/mol. The molecule has 20 heavy (non-hydrogen) atoms. The van der Waals surface area contributed by atoms with Crippen LogP contribution in [-0.4, -0.2) is 32.8 Å². The largest absolute Gasteiger partial charge is 0.392 e. The van der Waals surface area contributed by atoms with Gasteiger partial charge >= 0.3 is 0 Å². The Morgan fingerprint density at radius 2 is 2.15 bits per heavy atom. The molecule has 1 aliphatic rings. The van der Waals surface area contributed by atoms with E-state index in [4.69, 9.17) is 4.52 Å². The molecule has 1 fully saturated rings. The van der Waals surface area contributed by atoms with Crippen molar-refractivity contribution < 1.29 is 14.6 Å². The summed E-state index contributed by atoms with van der Waals surface area (Å²) < 4.78 is 5.16. The van der Waals surface area contributed by atoms with Crippen LogP contribution in [0.3, 0.4) is 0 Å². The van der Waals surface area contributed by atoms with Gasteiger partial charge in [0.25, 0.3) is 5.69 Å². The smallest absolute Gasteiger partial charge is 0.269 e. The van der Waals surface area contributed by atoms with Crippen molar-refractivity contribution >= 4 is 5.69 Å². The van der Waals surface area contributed by atoms with E-state index in [-0.39, 0.29) is 11.7 Å². The van der Waals surface area contributed by atoms with E-state index >= 15 is 0 Å². The van der Waals surface area contributed by atoms with Gasteiger partial charge in [-0.2, -0.15) is 4.98 Å². The van der Waals surface area contributed by atoms with E-state index in [1.165, 1.54) is 12.1 Å². The lowest BCUT2D eigenvalue weighted by molar-refractivity contribution is -0.384. The van der Waals surface area contributed by atoms with Crippen molar-refractivity contribution in [3.05, 3.63) is 40.3 Å². The maximum Gasteiger partial charge on any atom is 0.269 e. The number of nitro benzene ring substituents is 1. The normalized spacial score (nSPS) is 22.1. The number of hydrogen-bond donors (Lipinski definition) is 2. The van der Waals surface area contributed by atoms with Crippen LogP contribution in [0.5, 0.6) is 0 Å². The first kappa shape index (κ1) is 12.7. The number of nitro groups is 1. The molecule has 2 heterocycles. The van der Waals surface area contributed by atoms with Crippen LogP contribution in [0.25, 0.3) is 11.4 Å². The number of non-ortho nitro benzene ring substituents is 1. The Morgan fingerprint density at radius 3 is 2.75 bits per heavy atom. The minimum Gasteiger partial charge on any atom is -0.392 e. The molecule has 1 aromatic heterocycles. The van der Waals surface area contributed by atoms with Gasteiger partial charge < -0.3 is 14.9 Å². The third kappa shape index (κ3) is 2.38. The quantitative estimate of drug-likeness (QED) is 0.635. The SMILES string of the molecule is O=[N+]([O-])c1ccc(-c2noc([C@@H]3CC(O)CN3)n2)cc1. The Hall–Kier alpha value is -2.32. The van der Waals surface area contributed by atoms with Crippen LogP contribution in [0.15, 0.2) is 28.8 Å². The molecule has 0 radical (unpaired) electrons. The highest BCUT2D eigenvalue weighted by Gasteiger charge is 2.28. The van der Waals surface area contributed by atoms with Gasteiger partial charge in [-0.1, -0.05) is 5.16 Å². The first-order valence-electron chi connectivity index (χ1n) is 6.13. The number of aromatic nitrogens is 2. The maximum absolute atomic E-state index is 10.6. The van der Waals surface area contributed by atoms with E-state index in [0.717, 1.165) is 0 Å². The minimum atomic E-state index is -0.463. The molecule has 1 aliphatic heterocycles. The molecule has 1 saturated heterocycles. The molecule has 2 aromatic rings. The molecule has 104 valence electrons. The van der Waals surface area contributed by atoms with Crippen LogP contribution in [0, 0.1) is 10.1 Å². The highest BCUT2D eigenvalue weighted by molar-refractivity contribution is 5.56. The molecular formula is C12H12N4O4. The summed E-state index contributed by atoms with van der Waals surface area (Å²) in [5.74, 6) is 0.785. The molecule has 0 spiro atoms. The van der Waals surface area contributed by atoms with Crippen LogP contribution in [-0.2, 0) is 0 Å². The Balaban J connectivity index is 1.81. The summed E-state index contributed by atoms with van der Waals surface area (Å²) in [7, 11) is 0. The van der Waals surface area contributed by atoms with E-state index in [0.29, 0.717) is 30.2 Å². The molecule has 1 aromatic carbocycles. The molecule has 0 amide bonds. The number of rotatable bonds is 3. The summed E-state index contributed by atoms with van der Waals surface area (Å²) in [5.41, 5.74) is 0.655. The number of nitrogens with one attached hydrogen (secondary N) is 1. The van der Waals surface area contributed by atoms with Gasteiger partial charge in [0.1, 0.15) is 0 Å². The van der Waals surface area contributed by atoms with Crippen molar-refractivity contribution in [2.45, 2.75) is 18.6 Å². The zero-order valence-electron chi connectivity index (χ0n) is 10.4. The monoisotopic (exact) mass is 276 g/mol. The zero-order chi connectivity index (χ0) is 14.1. The van der Waals surface area contributed by atoms with Crippen LogP contribution in [0.4, 0.5) is 5.69 Å². The van der Waals surface area contributed by atoms with Gasteiger partial charge in [-0.05, 0) is 18.6 Å². The van der Waals surface area contributed by atoms with Crippen molar-refractivity contribution in [1.29, 1.82) is 0 Å². The topological polar surface area (TPSA) is 114 Å². The average Bonchev–Trinajstić information content (AvgIpc) is 3.07. The molecule has 8 heteroatoms. The second kappa shape index (κ2) is 4.99. The van der Waals surface area contributed by atoms with Crippen molar-refractivity contribution in [3.8, 4) is 11.4 Å². The molecule has 0 bridgehead atoms. The predicted molar refractivity (Wildman–Crippen MR) is 67.8 cm³/mol. The number of benzene rings is 1. The lowest BCUT2D eigenvalue weighted by Crippen LogP contribution is -2.15. The van der Waals surface area contributed by atoms with Gasteiger partial charge in [0.05, 0.1) is 17.1 Å². The molecule has 2 N–H and O–H groups in total. The summed E-state index contributed by atoms with van der Waals surface area (Å²) in [5, 5.41) is 27.0. The van der Waals surface area contributed by atoms with Gasteiger partial charge in [-0.15, -0.1) is 0 Å². The molecule has 3 rings (SSSR count). The van der Waals surface area contributed by atoms with E-state index in [1.807, 2.05) is 0 Å². The van der Waals surface area contributed by atoms with Crippen molar-refractivity contribution in [2.24, 2.45) is 0 Å². The van der Waals surface area contributed by atoms with Crippen molar-refractivity contribution in [2.75, 3.05) is 6.54 Å². The fraction of sp³-hybridized carbons (Fsp3) is 0.333. The van der Waals surface area contributed by atoms with Gasteiger partial charge in [0, 0.05) is 24.2 Å². The maximum atomic E-state index is 10.6. The first-order valence-corrected chi connectivity index (χ1v) is 6.13. The molecule has 8 nitrogen and oxygen atoms in total. The van der Waals surface area contributed by atoms with Crippen molar-refractivity contribution in [3.63, 3.8) is 0 Å². The molecule has 2 atom stereocenters. The van der Waals surface area contributed by atoms with Crippen LogP contribution < -0.4 is 5.32 Å². The minimum absolute atomic E-state index is 0.0121. The highest BCUT2D eigenvalue weighted by Crippen LogP contribution is 2.25. The van der Waals surface area contributed by atoms with E-state index in [2.05, 4.69) is 15.5 Å². The van der Waals surface area contributed by atoms with E-state index in [1.54, 1.807) is 12.1 Å². The number of aliphatic hydroxyl groups excluding tert-OH is 1. The fourth-order valence-corrected chi connectivity index (χ4v) is 2.13. The summed E-state index contributed by atoms with van der Waals surface area (Å²) in [6.07, 6.45) is 0.122. The Bertz CT molecular complexity index is 625. The summed E-state index contributed by atoms with van der Waals surface area (Å²) in [6, 6.07) is 5.78. The standard InChI is InChI=1S/C12H12N4O4/c17-9-5-10(13-6-9)12-14-11(15-20-12)7-1-3-8(4-2-7)16(18)19/h1-4,9-10,13,17H,5-6H2/t9?,10-/m0/s1. The third-order valence-electron chi connectivity index (χ3n) is 3.18. The molecule has 0 saturated carbocycles. The van der Waals surface area contributed by atoms with Gasteiger partial charge in [0.2, 0.25) is 11.7 Å². The lowest BCUT2D eigenvalue weighted by atomic mass is 10.2.